The first kappa shape index (κ1) is 29.5. The third-order valence-corrected chi connectivity index (χ3v) is 9.23. The minimum Gasteiger partial charge on any atom is -0.345 e. The third-order valence-electron chi connectivity index (χ3n) is 9.23. The van der Waals surface area contributed by atoms with E-state index in [1.807, 2.05) is 92.0 Å². The number of pyridine rings is 1. The largest absolute Gasteiger partial charge is 0.345 e. The van der Waals surface area contributed by atoms with E-state index in [0.29, 0.717) is 22.9 Å². The molecule has 1 amide bonds. The Morgan fingerprint density at radius 1 is 0.795 bits per heavy atom. The van der Waals surface area contributed by atoms with Crippen molar-refractivity contribution in [1.29, 1.82) is 0 Å². The number of hydrogen-bond donors (Lipinski definition) is 2. The van der Waals surface area contributed by atoms with Crippen LogP contribution in [-0.2, 0) is 12.1 Å². The maximum absolute atomic E-state index is 14.4. The van der Waals surface area contributed by atoms with Gasteiger partial charge in [0.15, 0.2) is 0 Å². The molecule has 0 unspecified atom stereocenters. The highest BCUT2D eigenvalue weighted by molar-refractivity contribution is 6.08. The summed E-state index contributed by atoms with van der Waals surface area (Å²) in [5.74, 6) is -0.164. The number of fused-ring (bicyclic) bond motifs is 1. The Labute approximate surface area is 259 Å². The van der Waals surface area contributed by atoms with Gasteiger partial charge in [-0.1, -0.05) is 104 Å². The predicted octanol–water partition coefficient (Wildman–Crippen LogP) is 6.58. The highest BCUT2D eigenvalue weighted by Crippen LogP contribution is 2.34. The van der Waals surface area contributed by atoms with Crippen LogP contribution in [0.15, 0.2) is 120 Å². The van der Waals surface area contributed by atoms with Crippen LogP contribution in [0.4, 0.5) is 0 Å². The number of para-hydroxylation sites is 1. The smallest absolute Gasteiger partial charge is 0.263 e. The Morgan fingerprint density at radius 2 is 1.36 bits per heavy atom. The monoisotopic (exact) mass is 584 g/mol. The van der Waals surface area contributed by atoms with E-state index in [9.17, 15) is 9.59 Å². The number of rotatable bonds is 9. The standard InChI is InChI=1S/C38H40N4O2/c1-3-33(28-15-7-4-8-16-28)40-36(43)35-31-21-13-14-22-32(31)37(44)42(30-19-11-6-12-20-30)34(35)27-41-25-23-38(39-2,24-26-41)29-17-9-5-10-18-29/h4-22,33,39H,3,23-27H2,1-2H3,(H,40,43)/t33-/m0/s1. The quantitative estimate of drug-likeness (QED) is 0.205. The number of nitrogens with zero attached hydrogens (tertiary/aromatic N) is 2. The van der Waals surface area contributed by atoms with E-state index in [1.54, 1.807) is 4.57 Å². The molecule has 1 aliphatic heterocycles. The number of hydrogen-bond acceptors (Lipinski definition) is 4. The average Bonchev–Trinajstić information content (AvgIpc) is 3.09. The second kappa shape index (κ2) is 13.0. The highest BCUT2D eigenvalue weighted by Gasteiger charge is 2.35. The fourth-order valence-electron chi connectivity index (χ4n) is 6.73. The maximum Gasteiger partial charge on any atom is 0.263 e. The SMILES string of the molecule is CC[C@H](NC(=O)c1c(CN2CCC(NC)(c3ccccc3)CC2)n(-c2ccccc2)c(=O)c2ccccc12)c1ccccc1. The summed E-state index contributed by atoms with van der Waals surface area (Å²) in [5, 5.41) is 8.17. The molecule has 1 saturated heterocycles. The van der Waals surface area contributed by atoms with Crippen LogP contribution in [0, 0.1) is 0 Å². The fraction of sp³-hybridized carbons (Fsp3) is 0.263. The van der Waals surface area contributed by atoms with Gasteiger partial charge in [-0.3, -0.25) is 19.1 Å². The van der Waals surface area contributed by atoms with Crippen molar-refractivity contribution < 1.29 is 4.79 Å². The Balaban J connectivity index is 1.44. The van der Waals surface area contributed by atoms with Gasteiger partial charge in [0, 0.05) is 41.6 Å². The van der Waals surface area contributed by atoms with Crippen LogP contribution < -0.4 is 16.2 Å². The molecule has 44 heavy (non-hydrogen) atoms. The molecule has 0 radical (unpaired) electrons. The van der Waals surface area contributed by atoms with Crippen molar-refractivity contribution in [2.24, 2.45) is 0 Å². The summed E-state index contributed by atoms with van der Waals surface area (Å²) in [6.07, 6.45) is 2.59. The van der Waals surface area contributed by atoms with Gasteiger partial charge >= 0.3 is 0 Å². The number of carbonyl (C=O) groups excluding carboxylic acids is 1. The number of likely N-dealkylation sites (tertiary alicyclic amines) is 1. The summed E-state index contributed by atoms with van der Waals surface area (Å²) in [5.41, 5.74) is 4.17. The molecule has 0 saturated carbocycles. The van der Waals surface area contributed by atoms with Crippen molar-refractivity contribution in [3.63, 3.8) is 0 Å². The molecular formula is C38H40N4O2. The number of nitrogens with one attached hydrogen (secondary N) is 2. The second-order valence-corrected chi connectivity index (χ2v) is 11.7. The van der Waals surface area contributed by atoms with E-state index in [1.165, 1.54) is 5.56 Å². The van der Waals surface area contributed by atoms with E-state index in [0.717, 1.165) is 49.3 Å². The summed E-state index contributed by atoms with van der Waals surface area (Å²) >= 11 is 0. The number of carbonyl (C=O) groups is 1. The van der Waals surface area contributed by atoms with E-state index >= 15 is 0 Å². The molecule has 6 rings (SSSR count). The van der Waals surface area contributed by atoms with Gasteiger partial charge in [0.1, 0.15) is 0 Å². The van der Waals surface area contributed by atoms with Crippen LogP contribution >= 0.6 is 0 Å². The lowest BCUT2D eigenvalue weighted by molar-refractivity contribution is 0.0931. The van der Waals surface area contributed by atoms with Gasteiger partial charge < -0.3 is 10.6 Å². The number of benzene rings is 4. The average molecular weight is 585 g/mol. The zero-order valence-corrected chi connectivity index (χ0v) is 25.5. The van der Waals surface area contributed by atoms with Gasteiger partial charge in [0.05, 0.1) is 17.3 Å². The van der Waals surface area contributed by atoms with Gasteiger partial charge in [-0.25, -0.2) is 0 Å². The number of aromatic nitrogens is 1. The first-order valence-electron chi connectivity index (χ1n) is 15.6. The highest BCUT2D eigenvalue weighted by atomic mass is 16.2. The Kier molecular flexibility index (Phi) is 8.73. The molecule has 6 nitrogen and oxygen atoms in total. The second-order valence-electron chi connectivity index (χ2n) is 11.7. The summed E-state index contributed by atoms with van der Waals surface area (Å²) in [7, 11) is 2.04. The van der Waals surface area contributed by atoms with Gasteiger partial charge in [-0.2, -0.15) is 0 Å². The minimum atomic E-state index is -0.164. The molecule has 0 bridgehead atoms. The molecule has 224 valence electrons. The number of piperidine rings is 1. The van der Waals surface area contributed by atoms with Crippen LogP contribution in [0.25, 0.3) is 16.5 Å². The minimum absolute atomic E-state index is 0.107. The molecule has 1 aliphatic rings. The van der Waals surface area contributed by atoms with Crippen molar-refractivity contribution in [2.45, 2.75) is 44.3 Å². The topological polar surface area (TPSA) is 66.4 Å². The lowest BCUT2D eigenvalue weighted by atomic mass is 9.81. The molecule has 1 fully saturated rings. The summed E-state index contributed by atoms with van der Waals surface area (Å²) in [6.45, 7) is 4.22. The zero-order chi connectivity index (χ0) is 30.5. The van der Waals surface area contributed by atoms with Crippen molar-refractivity contribution >= 4 is 16.7 Å². The molecule has 1 atom stereocenters. The van der Waals surface area contributed by atoms with Crippen molar-refractivity contribution in [3.8, 4) is 5.69 Å². The maximum atomic E-state index is 14.4. The lowest BCUT2D eigenvalue weighted by Gasteiger charge is -2.42. The van der Waals surface area contributed by atoms with E-state index in [2.05, 4.69) is 52.8 Å². The molecule has 5 aromatic rings. The number of amides is 1. The Bertz CT molecular complexity index is 1780. The van der Waals surface area contributed by atoms with E-state index in [-0.39, 0.29) is 23.0 Å². The van der Waals surface area contributed by atoms with Crippen LogP contribution in [0.3, 0.4) is 0 Å². The zero-order valence-electron chi connectivity index (χ0n) is 25.5. The van der Waals surface area contributed by atoms with Crippen LogP contribution in [-0.4, -0.2) is 35.5 Å². The van der Waals surface area contributed by atoms with Gasteiger partial charge in [-0.15, -0.1) is 0 Å². The first-order chi connectivity index (χ1) is 21.5. The van der Waals surface area contributed by atoms with Crippen LogP contribution in [0.5, 0.6) is 0 Å². The molecule has 0 spiro atoms. The molecular weight excluding hydrogens is 544 g/mol. The summed E-state index contributed by atoms with van der Waals surface area (Å²) < 4.78 is 1.76. The third kappa shape index (κ3) is 5.71. The van der Waals surface area contributed by atoms with E-state index in [4.69, 9.17) is 0 Å². The Hall–Kier alpha value is -4.52. The van der Waals surface area contributed by atoms with Crippen molar-refractivity contribution in [2.75, 3.05) is 20.1 Å². The van der Waals surface area contributed by atoms with Gasteiger partial charge in [0.25, 0.3) is 11.5 Å². The first-order valence-corrected chi connectivity index (χ1v) is 15.6. The molecule has 6 heteroatoms. The summed E-state index contributed by atoms with van der Waals surface area (Å²) in [6, 6.07) is 37.8. The van der Waals surface area contributed by atoms with Crippen molar-refractivity contribution in [1.82, 2.24) is 20.1 Å². The molecule has 4 aromatic carbocycles. The van der Waals surface area contributed by atoms with Gasteiger partial charge in [0.2, 0.25) is 0 Å². The Morgan fingerprint density at radius 3 is 1.98 bits per heavy atom. The van der Waals surface area contributed by atoms with Crippen molar-refractivity contribution in [3.05, 3.63) is 148 Å². The normalized spacial score (nSPS) is 15.6. The molecule has 0 aliphatic carbocycles. The van der Waals surface area contributed by atoms with E-state index < -0.39 is 0 Å². The van der Waals surface area contributed by atoms with Crippen LogP contribution in [0.1, 0.15) is 59.4 Å². The van der Waals surface area contributed by atoms with Crippen LogP contribution in [0.2, 0.25) is 0 Å². The summed E-state index contributed by atoms with van der Waals surface area (Å²) in [4.78, 5) is 31.0. The van der Waals surface area contributed by atoms with Gasteiger partial charge in [-0.05, 0) is 55.6 Å². The predicted molar refractivity (Wildman–Crippen MR) is 178 cm³/mol. The fourth-order valence-corrected chi connectivity index (χ4v) is 6.73. The molecule has 2 heterocycles. The lowest BCUT2D eigenvalue weighted by Crippen LogP contribution is -2.50. The molecule has 1 aromatic heterocycles. The molecule has 2 N–H and O–H groups in total.